The lowest BCUT2D eigenvalue weighted by Gasteiger charge is -2.23. The van der Waals surface area contributed by atoms with Crippen LogP contribution >= 0.6 is 0 Å². The molecule has 0 aliphatic rings. The van der Waals surface area contributed by atoms with Crippen LogP contribution in [0.5, 0.6) is 0 Å². The van der Waals surface area contributed by atoms with E-state index in [0.717, 1.165) is 25.1 Å². The topological polar surface area (TPSA) is 38.3 Å². The monoisotopic (exact) mass is 263 g/mol. The zero-order chi connectivity index (χ0) is 14.3. The van der Waals surface area contributed by atoms with Crippen molar-refractivity contribution in [2.24, 2.45) is 5.41 Å². The predicted molar refractivity (Wildman–Crippen MR) is 77.9 cm³/mol. The molecule has 19 heavy (non-hydrogen) atoms. The molecule has 0 saturated heterocycles. The van der Waals surface area contributed by atoms with E-state index in [2.05, 4.69) is 32.2 Å². The van der Waals surface area contributed by atoms with Crippen molar-refractivity contribution in [1.29, 1.82) is 0 Å². The molecule has 3 heteroatoms. The summed E-state index contributed by atoms with van der Waals surface area (Å²) in [4.78, 5) is 11.4. The molecule has 106 valence electrons. The smallest absolute Gasteiger partial charge is 0.309 e. The number of benzene rings is 1. The Balaban J connectivity index is 2.60. The summed E-state index contributed by atoms with van der Waals surface area (Å²) >= 11 is 0. The number of nitrogens with one attached hydrogen (secondary N) is 1. The van der Waals surface area contributed by atoms with E-state index in [1.165, 1.54) is 12.7 Å². The van der Waals surface area contributed by atoms with Crippen LogP contribution in [0.25, 0.3) is 0 Å². The number of rotatable bonds is 7. The zero-order valence-electron chi connectivity index (χ0n) is 12.5. The third-order valence-corrected chi connectivity index (χ3v) is 3.56. The first-order valence-electron chi connectivity index (χ1n) is 6.83. The minimum atomic E-state index is -0.193. The molecule has 1 N–H and O–H groups in total. The van der Waals surface area contributed by atoms with Gasteiger partial charge in [-0.1, -0.05) is 45.0 Å². The van der Waals surface area contributed by atoms with Gasteiger partial charge in [-0.25, -0.2) is 0 Å². The second-order valence-electron chi connectivity index (χ2n) is 5.64. The lowest BCUT2D eigenvalue weighted by Crippen LogP contribution is -2.28. The first-order chi connectivity index (χ1) is 8.98. The van der Waals surface area contributed by atoms with E-state index in [9.17, 15) is 4.79 Å². The molecular weight excluding hydrogens is 238 g/mol. The highest BCUT2D eigenvalue weighted by Crippen LogP contribution is 2.18. The van der Waals surface area contributed by atoms with Gasteiger partial charge in [0.2, 0.25) is 0 Å². The Bertz CT molecular complexity index is 413. The molecule has 0 unspecified atom stereocenters. The van der Waals surface area contributed by atoms with E-state index in [0.29, 0.717) is 11.8 Å². The Labute approximate surface area is 116 Å². The number of methoxy groups -OCH3 is 1. The van der Waals surface area contributed by atoms with Gasteiger partial charge in [-0.3, -0.25) is 4.79 Å². The quantitative estimate of drug-likeness (QED) is 0.769. The van der Waals surface area contributed by atoms with Crippen LogP contribution in [0.4, 0.5) is 0 Å². The summed E-state index contributed by atoms with van der Waals surface area (Å²) in [6, 6.07) is 8.00. The minimum Gasteiger partial charge on any atom is -0.469 e. The van der Waals surface area contributed by atoms with Crippen LogP contribution in [0.2, 0.25) is 0 Å². The van der Waals surface area contributed by atoms with E-state index in [1.807, 2.05) is 18.2 Å². The van der Waals surface area contributed by atoms with Crippen molar-refractivity contribution in [3.05, 3.63) is 35.4 Å². The number of esters is 1. The predicted octanol–water partition coefficient (Wildman–Crippen LogP) is 2.93. The van der Waals surface area contributed by atoms with Crippen molar-refractivity contribution in [1.82, 2.24) is 5.32 Å². The van der Waals surface area contributed by atoms with Crippen molar-refractivity contribution in [2.45, 2.75) is 40.2 Å². The normalized spacial score (nSPS) is 11.4. The summed E-state index contributed by atoms with van der Waals surface area (Å²) < 4.78 is 4.73. The number of carbonyl (C=O) groups is 1. The Morgan fingerprint density at radius 1 is 1.26 bits per heavy atom. The molecule has 3 nitrogen and oxygen atoms in total. The van der Waals surface area contributed by atoms with Gasteiger partial charge in [-0.05, 0) is 23.0 Å². The van der Waals surface area contributed by atoms with Gasteiger partial charge in [0.05, 0.1) is 13.5 Å². The fraction of sp³-hybridized carbons (Fsp3) is 0.562. The van der Waals surface area contributed by atoms with Gasteiger partial charge in [0, 0.05) is 13.1 Å². The maximum atomic E-state index is 11.4. The van der Waals surface area contributed by atoms with Gasteiger partial charge in [0.15, 0.2) is 0 Å². The zero-order valence-corrected chi connectivity index (χ0v) is 12.5. The van der Waals surface area contributed by atoms with Crippen molar-refractivity contribution in [3.8, 4) is 0 Å². The van der Waals surface area contributed by atoms with Crippen LogP contribution in [0, 0.1) is 5.41 Å². The molecule has 0 saturated carbocycles. The molecule has 0 fully saturated rings. The molecule has 0 spiro atoms. The van der Waals surface area contributed by atoms with E-state index in [-0.39, 0.29) is 5.97 Å². The Morgan fingerprint density at radius 3 is 2.47 bits per heavy atom. The van der Waals surface area contributed by atoms with Crippen molar-refractivity contribution in [3.63, 3.8) is 0 Å². The fourth-order valence-corrected chi connectivity index (χ4v) is 1.79. The van der Waals surface area contributed by atoms with Crippen LogP contribution in [-0.2, 0) is 22.5 Å². The van der Waals surface area contributed by atoms with Gasteiger partial charge >= 0.3 is 5.97 Å². The standard InChI is InChI=1S/C16H25NO2/c1-5-16(2,3)12-17-11-14-9-7-6-8-13(14)10-15(18)19-4/h6-9,17H,5,10-12H2,1-4H3. The highest BCUT2D eigenvalue weighted by atomic mass is 16.5. The number of carbonyl (C=O) groups excluding carboxylic acids is 1. The van der Waals surface area contributed by atoms with Crippen molar-refractivity contribution < 1.29 is 9.53 Å². The van der Waals surface area contributed by atoms with Crippen LogP contribution in [0.15, 0.2) is 24.3 Å². The van der Waals surface area contributed by atoms with E-state index < -0.39 is 0 Å². The Hall–Kier alpha value is -1.35. The summed E-state index contributed by atoms with van der Waals surface area (Å²) in [5, 5.41) is 3.47. The number of hydrogen-bond acceptors (Lipinski definition) is 3. The SMILES string of the molecule is CCC(C)(C)CNCc1ccccc1CC(=O)OC. The molecule has 1 rings (SSSR count). The maximum Gasteiger partial charge on any atom is 0.309 e. The highest BCUT2D eigenvalue weighted by molar-refractivity contribution is 5.72. The number of hydrogen-bond donors (Lipinski definition) is 1. The molecule has 0 amide bonds. The summed E-state index contributed by atoms with van der Waals surface area (Å²) in [7, 11) is 1.42. The molecule has 0 bridgehead atoms. The largest absolute Gasteiger partial charge is 0.469 e. The first kappa shape index (κ1) is 15.7. The minimum absolute atomic E-state index is 0.193. The van der Waals surface area contributed by atoms with Crippen LogP contribution in [-0.4, -0.2) is 19.6 Å². The lowest BCUT2D eigenvalue weighted by molar-refractivity contribution is -0.139. The highest BCUT2D eigenvalue weighted by Gasteiger charge is 2.14. The summed E-state index contributed by atoms with van der Waals surface area (Å²) in [5.41, 5.74) is 2.51. The second-order valence-corrected chi connectivity index (χ2v) is 5.64. The maximum absolute atomic E-state index is 11.4. The molecule has 0 radical (unpaired) electrons. The fourth-order valence-electron chi connectivity index (χ4n) is 1.79. The van der Waals surface area contributed by atoms with Crippen LogP contribution < -0.4 is 5.32 Å². The summed E-state index contributed by atoms with van der Waals surface area (Å²) in [6.07, 6.45) is 1.48. The molecule has 0 atom stereocenters. The summed E-state index contributed by atoms with van der Waals surface area (Å²) in [6.45, 7) is 8.46. The van der Waals surface area contributed by atoms with Gasteiger partial charge in [0.1, 0.15) is 0 Å². The van der Waals surface area contributed by atoms with Crippen LogP contribution in [0.3, 0.4) is 0 Å². The Kier molecular flexibility index (Phi) is 6.03. The van der Waals surface area contributed by atoms with Crippen molar-refractivity contribution >= 4 is 5.97 Å². The second kappa shape index (κ2) is 7.29. The van der Waals surface area contributed by atoms with Gasteiger partial charge < -0.3 is 10.1 Å². The Morgan fingerprint density at radius 2 is 1.89 bits per heavy atom. The number of ether oxygens (including phenoxy) is 1. The van der Waals surface area contributed by atoms with E-state index >= 15 is 0 Å². The average molecular weight is 263 g/mol. The van der Waals surface area contributed by atoms with Crippen LogP contribution in [0.1, 0.15) is 38.3 Å². The third-order valence-electron chi connectivity index (χ3n) is 3.56. The molecule has 1 aromatic carbocycles. The van der Waals surface area contributed by atoms with Gasteiger partial charge in [-0.2, -0.15) is 0 Å². The summed E-state index contributed by atoms with van der Waals surface area (Å²) in [5.74, 6) is -0.193. The molecule has 0 aromatic heterocycles. The lowest BCUT2D eigenvalue weighted by atomic mass is 9.90. The van der Waals surface area contributed by atoms with Crippen molar-refractivity contribution in [2.75, 3.05) is 13.7 Å². The molecule has 1 aromatic rings. The molecule has 0 aliphatic carbocycles. The molecule has 0 aliphatic heterocycles. The van der Waals surface area contributed by atoms with E-state index in [1.54, 1.807) is 0 Å². The third kappa shape index (κ3) is 5.43. The van der Waals surface area contributed by atoms with Gasteiger partial charge in [-0.15, -0.1) is 0 Å². The molecular formula is C16H25NO2. The average Bonchev–Trinajstić information content (AvgIpc) is 2.40. The molecule has 0 heterocycles. The van der Waals surface area contributed by atoms with Gasteiger partial charge in [0.25, 0.3) is 0 Å². The first-order valence-corrected chi connectivity index (χ1v) is 6.83. The van der Waals surface area contributed by atoms with E-state index in [4.69, 9.17) is 4.74 Å².